The van der Waals surface area contributed by atoms with E-state index in [-0.39, 0.29) is 30.1 Å². The number of likely N-dealkylation sites (tertiary alicyclic amines) is 1. The van der Waals surface area contributed by atoms with Crippen molar-refractivity contribution in [3.63, 3.8) is 0 Å². The minimum atomic E-state index is -0.633. The van der Waals surface area contributed by atoms with Crippen molar-refractivity contribution in [1.82, 2.24) is 10.2 Å². The van der Waals surface area contributed by atoms with Crippen LogP contribution in [0.15, 0.2) is 24.3 Å². The van der Waals surface area contributed by atoms with Crippen molar-refractivity contribution in [3.05, 3.63) is 34.9 Å². The van der Waals surface area contributed by atoms with E-state index in [4.69, 9.17) is 11.6 Å². The second-order valence-corrected chi connectivity index (χ2v) is 8.63. The number of nitrogens with zero attached hydrogens (tertiary/aromatic N) is 1. The highest BCUT2D eigenvalue weighted by Crippen LogP contribution is 2.52. The number of halogens is 1. The molecule has 1 aromatic carbocycles. The van der Waals surface area contributed by atoms with E-state index in [2.05, 4.69) is 11.4 Å². The largest absolute Gasteiger partial charge is 0.343 e. The average molecular weight is 389 g/mol. The molecule has 4 rings (SSSR count). The zero-order valence-electron chi connectivity index (χ0n) is 15.4. The molecule has 0 bridgehead atoms. The van der Waals surface area contributed by atoms with Crippen molar-refractivity contribution in [1.29, 1.82) is 0 Å². The molecule has 2 aliphatic heterocycles. The first-order chi connectivity index (χ1) is 13.0. The minimum Gasteiger partial charge on any atom is -0.343 e. The fraction of sp³-hybridized carbons (Fsp3) is 0.571. The summed E-state index contributed by atoms with van der Waals surface area (Å²) >= 11 is 6.09. The standard InChI is InChI=1S/C21H25ClN2O3/c22-17-3-1-2-15(12-17)14-7-10-24(11-8-14)19(26)6-9-21(16-4-5-16)13-18(25)23-20(21)27/h1-3,12,14,16H,4-11,13H2,(H,23,25,27). The van der Waals surface area contributed by atoms with E-state index in [1.54, 1.807) is 0 Å². The maximum absolute atomic E-state index is 12.7. The molecule has 1 saturated carbocycles. The fourth-order valence-corrected chi connectivity index (χ4v) is 4.94. The van der Waals surface area contributed by atoms with Gasteiger partial charge in [-0.05, 0) is 61.6 Å². The Labute approximate surface area is 164 Å². The van der Waals surface area contributed by atoms with Gasteiger partial charge < -0.3 is 4.90 Å². The first-order valence-electron chi connectivity index (χ1n) is 9.85. The summed E-state index contributed by atoms with van der Waals surface area (Å²) in [5, 5.41) is 3.20. The van der Waals surface area contributed by atoms with Crippen LogP contribution in [0.25, 0.3) is 0 Å². The highest BCUT2D eigenvalue weighted by molar-refractivity contribution is 6.30. The number of rotatable bonds is 5. The zero-order chi connectivity index (χ0) is 19.0. The van der Waals surface area contributed by atoms with Crippen LogP contribution >= 0.6 is 11.6 Å². The van der Waals surface area contributed by atoms with Crippen LogP contribution in [0.1, 0.15) is 56.4 Å². The summed E-state index contributed by atoms with van der Waals surface area (Å²) in [6, 6.07) is 7.96. The van der Waals surface area contributed by atoms with Gasteiger partial charge in [0.05, 0.1) is 5.41 Å². The van der Waals surface area contributed by atoms with Crippen LogP contribution in [0.3, 0.4) is 0 Å². The number of imide groups is 1. The van der Waals surface area contributed by atoms with Crippen LogP contribution in [-0.2, 0) is 14.4 Å². The average Bonchev–Trinajstić information content (AvgIpc) is 3.46. The second kappa shape index (κ2) is 7.27. The van der Waals surface area contributed by atoms with Crippen LogP contribution in [-0.4, -0.2) is 35.7 Å². The van der Waals surface area contributed by atoms with Crippen molar-refractivity contribution >= 4 is 29.3 Å². The van der Waals surface area contributed by atoms with Gasteiger partial charge in [-0.1, -0.05) is 23.7 Å². The van der Waals surface area contributed by atoms with Crippen LogP contribution in [0.4, 0.5) is 0 Å². The molecule has 3 aliphatic rings. The number of hydrogen-bond acceptors (Lipinski definition) is 3. The summed E-state index contributed by atoms with van der Waals surface area (Å²) in [5.41, 5.74) is 0.606. The smallest absolute Gasteiger partial charge is 0.233 e. The molecule has 0 aromatic heterocycles. The van der Waals surface area contributed by atoms with E-state index in [0.29, 0.717) is 18.8 Å². The molecule has 1 aromatic rings. The van der Waals surface area contributed by atoms with Crippen molar-refractivity contribution in [2.75, 3.05) is 13.1 Å². The molecule has 2 saturated heterocycles. The Bertz CT molecular complexity index is 768. The lowest BCUT2D eigenvalue weighted by molar-refractivity contribution is -0.134. The Morgan fingerprint density at radius 3 is 2.52 bits per heavy atom. The number of piperidine rings is 1. The third-order valence-corrected chi connectivity index (χ3v) is 6.73. The van der Waals surface area contributed by atoms with Crippen LogP contribution in [0, 0.1) is 11.3 Å². The van der Waals surface area contributed by atoms with Gasteiger partial charge in [0.25, 0.3) is 0 Å². The molecule has 1 aliphatic carbocycles. The van der Waals surface area contributed by atoms with Gasteiger partial charge in [-0.15, -0.1) is 0 Å². The molecule has 2 heterocycles. The predicted octanol–water partition coefficient (Wildman–Crippen LogP) is 3.27. The molecule has 1 unspecified atom stereocenters. The van der Waals surface area contributed by atoms with Gasteiger partial charge in [0.1, 0.15) is 0 Å². The molecule has 0 spiro atoms. The van der Waals surface area contributed by atoms with Crippen LogP contribution in [0.5, 0.6) is 0 Å². The minimum absolute atomic E-state index is 0.103. The van der Waals surface area contributed by atoms with Crippen molar-refractivity contribution in [3.8, 4) is 0 Å². The lowest BCUT2D eigenvalue weighted by Crippen LogP contribution is -2.40. The molecular weight excluding hydrogens is 364 g/mol. The van der Waals surface area contributed by atoms with Crippen molar-refractivity contribution in [2.45, 2.75) is 50.9 Å². The van der Waals surface area contributed by atoms with Gasteiger partial charge in [-0.3, -0.25) is 19.7 Å². The summed E-state index contributed by atoms with van der Waals surface area (Å²) in [6.45, 7) is 1.47. The molecule has 27 heavy (non-hydrogen) atoms. The quantitative estimate of drug-likeness (QED) is 0.787. The maximum Gasteiger partial charge on any atom is 0.233 e. The first kappa shape index (κ1) is 18.5. The molecule has 1 atom stereocenters. The van der Waals surface area contributed by atoms with Gasteiger partial charge in [0, 0.05) is 31.0 Å². The van der Waals surface area contributed by atoms with Crippen molar-refractivity contribution in [2.24, 2.45) is 11.3 Å². The summed E-state index contributed by atoms with van der Waals surface area (Å²) in [7, 11) is 0. The summed E-state index contributed by atoms with van der Waals surface area (Å²) < 4.78 is 0. The van der Waals surface area contributed by atoms with Gasteiger partial charge in [0.15, 0.2) is 0 Å². The fourth-order valence-electron chi connectivity index (χ4n) is 4.74. The predicted molar refractivity (Wildman–Crippen MR) is 102 cm³/mol. The van der Waals surface area contributed by atoms with E-state index < -0.39 is 5.41 Å². The summed E-state index contributed by atoms with van der Waals surface area (Å²) in [5.74, 6) is 0.449. The lowest BCUT2D eigenvalue weighted by Gasteiger charge is -2.33. The normalized spacial score (nSPS) is 26.3. The number of carbonyl (C=O) groups is 3. The van der Waals surface area contributed by atoms with Gasteiger partial charge >= 0.3 is 0 Å². The highest BCUT2D eigenvalue weighted by atomic mass is 35.5. The third-order valence-electron chi connectivity index (χ3n) is 6.49. The van der Waals surface area contributed by atoms with E-state index in [1.807, 2.05) is 23.1 Å². The number of hydrogen-bond donors (Lipinski definition) is 1. The molecule has 1 N–H and O–H groups in total. The molecule has 3 amide bonds. The van der Waals surface area contributed by atoms with Crippen molar-refractivity contribution < 1.29 is 14.4 Å². The molecule has 6 heteroatoms. The molecular formula is C21H25ClN2O3. The Morgan fingerprint density at radius 2 is 1.93 bits per heavy atom. The van der Waals surface area contributed by atoms with Gasteiger partial charge in [-0.2, -0.15) is 0 Å². The van der Waals surface area contributed by atoms with E-state index >= 15 is 0 Å². The summed E-state index contributed by atoms with van der Waals surface area (Å²) in [4.78, 5) is 38.7. The van der Waals surface area contributed by atoms with Gasteiger partial charge in [-0.25, -0.2) is 0 Å². The number of amides is 3. The monoisotopic (exact) mass is 388 g/mol. The SMILES string of the molecule is O=C1CC(CCC(=O)N2CCC(c3cccc(Cl)c3)CC2)(C2CC2)C(=O)N1. The van der Waals surface area contributed by atoms with Gasteiger partial charge in [0.2, 0.25) is 17.7 Å². The Balaban J connectivity index is 1.32. The second-order valence-electron chi connectivity index (χ2n) is 8.19. The Hall–Kier alpha value is -1.88. The lowest BCUT2D eigenvalue weighted by atomic mass is 9.76. The third kappa shape index (κ3) is 3.75. The first-order valence-corrected chi connectivity index (χ1v) is 10.2. The number of carbonyl (C=O) groups excluding carboxylic acids is 3. The van der Waals surface area contributed by atoms with E-state index in [9.17, 15) is 14.4 Å². The molecule has 5 nitrogen and oxygen atoms in total. The topological polar surface area (TPSA) is 66.5 Å². The van der Waals surface area contributed by atoms with Crippen LogP contribution in [0.2, 0.25) is 5.02 Å². The zero-order valence-corrected chi connectivity index (χ0v) is 16.1. The van der Waals surface area contributed by atoms with E-state index in [0.717, 1.165) is 43.8 Å². The molecule has 144 valence electrons. The highest BCUT2D eigenvalue weighted by Gasteiger charge is 2.55. The Morgan fingerprint density at radius 1 is 1.19 bits per heavy atom. The molecule has 3 fully saturated rings. The summed E-state index contributed by atoms with van der Waals surface area (Å²) in [6.07, 6.45) is 4.92. The van der Waals surface area contributed by atoms with Crippen LogP contribution < -0.4 is 5.32 Å². The Kier molecular flexibility index (Phi) is 4.97. The maximum atomic E-state index is 12.7. The number of nitrogens with one attached hydrogen (secondary N) is 1. The van der Waals surface area contributed by atoms with E-state index in [1.165, 1.54) is 5.56 Å². The number of benzene rings is 1. The molecule has 0 radical (unpaired) electrons.